The number of anilines is 1. The van der Waals surface area contributed by atoms with Crippen LogP contribution in [0.15, 0.2) is 30.3 Å². The first-order chi connectivity index (χ1) is 14.0. The van der Waals surface area contributed by atoms with Crippen LogP contribution in [-0.4, -0.2) is 30.7 Å². The van der Waals surface area contributed by atoms with Crippen molar-refractivity contribution in [3.63, 3.8) is 0 Å². The monoisotopic (exact) mass is 430 g/mol. The van der Waals surface area contributed by atoms with E-state index < -0.39 is 5.97 Å². The summed E-state index contributed by atoms with van der Waals surface area (Å²) in [6, 6.07) is 7.41. The summed E-state index contributed by atoms with van der Waals surface area (Å²) in [5, 5.41) is 6.33. The van der Waals surface area contributed by atoms with E-state index in [-0.39, 0.29) is 11.0 Å². The number of hydrogen-bond donors (Lipinski definition) is 2. The minimum atomic E-state index is -0.392. The Morgan fingerprint density at radius 3 is 2.69 bits per heavy atom. The van der Waals surface area contributed by atoms with Gasteiger partial charge in [0.05, 0.1) is 19.3 Å². The first kappa shape index (κ1) is 21.0. The van der Waals surface area contributed by atoms with Crippen LogP contribution in [0.5, 0.6) is 5.75 Å². The van der Waals surface area contributed by atoms with E-state index in [0.29, 0.717) is 17.2 Å². The van der Waals surface area contributed by atoms with E-state index in [4.69, 9.17) is 21.7 Å². The summed E-state index contributed by atoms with van der Waals surface area (Å²) in [6.45, 7) is 2.53. The molecule has 0 bridgehead atoms. The minimum absolute atomic E-state index is 0.136. The van der Waals surface area contributed by atoms with E-state index in [1.807, 2.05) is 31.2 Å². The number of carbonyl (C=O) groups is 2. The normalized spacial score (nSPS) is 12.5. The van der Waals surface area contributed by atoms with E-state index in [1.54, 1.807) is 6.08 Å². The number of esters is 1. The predicted molar refractivity (Wildman–Crippen MR) is 119 cm³/mol. The van der Waals surface area contributed by atoms with Gasteiger partial charge >= 0.3 is 5.97 Å². The van der Waals surface area contributed by atoms with Crippen molar-refractivity contribution < 1.29 is 19.1 Å². The highest BCUT2D eigenvalue weighted by Crippen LogP contribution is 2.39. The average Bonchev–Trinajstić information content (AvgIpc) is 3.27. The van der Waals surface area contributed by atoms with Crippen LogP contribution >= 0.6 is 23.6 Å². The number of nitrogens with one attached hydrogen (secondary N) is 2. The summed E-state index contributed by atoms with van der Waals surface area (Å²) in [7, 11) is 1.36. The number of methoxy groups -OCH3 is 1. The third-order valence-electron chi connectivity index (χ3n) is 4.39. The lowest BCUT2D eigenvalue weighted by Gasteiger charge is -2.09. The van der Waals surface area contributed by atoms with Crippen LogP contribution in [0.3, 0.4) is 0 Å². The molecule has 0 saturated carbocycles. The van der Waals surface area contributed by atoms with Crippen LogP contribution in [0.25, 0.3) is 6.08 Å². The molecule has 0 unspecified atom stereocenters. The molecular weight excluding hydrogens is 408 g/mol. The molecule has 1 aliphatic carbocycles. The van der Waals surface area contributed by atoms with Gasteiger partial charge < -0.3 is 14.8 Å². The van der Waals surface area contributed by atoms with Gasteiger partial charge in [0.25, 0.3) is 0 Å². The first-order valence-corrected chi connectivity index (χ1v) is 10.5. The maximum Gasteiger partial charge on any atom is 0.341 e. The molecule has 6 nitrogen and oxygen atoms in total. The minimum Gasteiger partial charge on any atom is -0.494 e. The molecule has 152 valence electrons. The number of aryl methyl sites for hydroxylation is 1. The topological polar surface area (TPSA) is 76.7 Å². The molecule has 1 aromatic carbocycles. The van der Waals surface area contributed by atoms with Crippen molar-refractivity contribution in [1.82, 2.24) is 5.32 Å². The molecule has 3 rings (SSSR count). The second kappa shape index (κ2) is 9.67. The van der Waals surface area contributed by atoms with E-state index >= 15 is 0 Å². The number of amides is 1. The SMILES string of the molecule is CCOc1ccc(/C=C/C(=O)NC(=S)Nc2sc3c(c2C(=O)OC)CCC3)cc1. The third kappa shape index (κ3) is 5.21. The van der Waals surface area contributed by atoms with E-state index in [2.05, 4.69) is 10.6 Å². The Morgan fingerprint density at radius 2 is 2.00 bits per heavy atom. The average molecular weight is 431 g/mol. The summed E-state index contributed by atoms with van der Waals surface area (Å²) in [4.78, 5) is 25.5. The summed E-state index contributed by atoms with van der Waals surface area (Å²) in [6.07, 6.45) is 5.91. The highest BCUT2D eigenvalue weighted by molar-refractivity contribution is 7.80. The number of rotatable bonds is 6. The van der Waals surface area contributed by atoms with Gasteiger partial charge in [-0.3, -0.25) is 10.1 Å². The molecule has 0 radical (unpaired) electrons. The Bertz CT molecular complexity index is 948. The zero-order chi connectivity index (χ0) is 20.8. The van der Waals surface area contributed by atoms with Gasteiger partial charge in [0.15, 0.2) is 5.11 Å². The second-order valence-electron chi connectivity index (χ2n) is 6.33. The molecule has 0 spiro atoms. The predicted octanol–water partition coefficient (Wildman–Crippen LogP) is 3.95. The maximum absolute atomic E-state index is 12.2. The van der Waals surface area contributed by atoms with Crippen LogP contribution in [0, 0.1) is 0 Å². The third-order valence-corrected chi connectivity index (χ3v) is 5.80. The summed E-state index contributed by atoms with van der Waals surface area (Å²) in [5.41, 5.74) is 2.41. The molecule has 2 N–H and O–H groups in total. The van der Waals surface area contributed by atoms with Crippen molar-refractivity contribution in [3.05, 3.63) is 51.9 Å². The number of thiophene rings is 1. The highest BCUT2D eigenvalue weighted by atomic mass is 32.1. The number of benzene rings is 1. The summed E-state index contributed by atoms with van der Waals surface area (Å²) < 4.78 is 10.3. The van der Waals surface area contributed by atoms with Crippen molar-refractivity contribution in [2.24, 2.45) is 0 Å². The Hall–Kier alpha value is -2.71. The molecule has 1 heterocycles. The molecule has 0 aliphatic heterocycles. The number of hydrogen-bond acceptors (Lipinski definition) is 6. The number of carbonyl (C=O) groups excluding carboxylic acids is 2. The Balaban J connectivity index is 1.61. The van der Waals surface area contributed by atoms with E-state index in [9.17, 15) is 9.59 Å². The Morgan fingerprint density at radius 1 is 1.24 bits per heavy atom. The highest BCUT2D eigenvalue weighted by Gasteiger charge is 2.27. The lowest BCUT2D eigenvalue weighted by molar-refractivity contribution is -0.115. The van der Waals surface area contributed by atoms with Crippen LogP contribution in [-0.2, 0) is 22.4 Å². The molecule has 29 heavy (non-hydrogen) atoms. The maximum atomic E-state index is 12.2. The largest absolute Gasteiger partial charge is 0.494 e. The lowest BCUT2D eigenvalue weighted by atomic mass is 10.1. The fourth-order valence-corrected chi connectivity index (χ4v) is 4.66. The van der Waals surface area contributed by atoms with Gasteiger partial charge in [0, 0.05) is 11.0 Å². The fraction of sp³-hybridized carbons (Fsp3) is 0.286. The van der Waals surface area contributed by atoms with Gasteiger partial charge in [0.2, 0.25) is 5.91 Å². The van der Waals surface area contributed by atoms with Crippen LogP contribution in [0.2, 0.25) is 0 Å². The molecule has 1 aromatic heterocycles. The molecule has 1 amide bonds. The molecule has 8 heteroatoms. The van der Waals surface area contributed by atoms with Crippen LogP contribution in [0.1, 0.15) is 39.7 Å². The van der Waals surface area contributed by atoms with Crippen LogP contribution < -0.4 is 15.4 Å². The number of thiocarbonyl (C=S) groups is 1. The zero-order valence-electron chi connectivity index (χ0n) is 16.2. The Kier molecular flexibility index (Phi) is 7.00. The van der Waals surface area contributed by atoms with Crippen molar-refractivity contribution in [3.8, 4) is 5.75 Å². The van der Waals surface area contributed by atoms with Crippen molar-refractivity contribution >= 4 is 51.6 Å². The van der Waals surface area contributed by atoms with Crippen molar-refractivity contribution in [2.45, 2.75) is 26.2 Å². The van der Waals surface area contributed by atoms with Gasteiger partial charge in [-0.15, -0.1) is 11.3 Å². The zero-order valence-corrected chi connectivity index (χ0v) is 17.9. The summed E-state index contributed by atoms with van der Waals surface area (Å²) >= 11 is 6.72. The smallest absolute Gasteiger partial charge is 0.341 e. The van der Waals surface area contributed by atoms with E-state index in [1.165, 1.54) is 24.5 Å². The van der Waals surface area contributed by atoms with Gasteiger partial charge in [-0.05, 0) is 67.7 Å². The van der Waals surface area contributed by atoms with Crippen molar-refractivity contribution in [1.29, 1.82) is 0 Å². The number of ether oxygens (including phenoxy) is 2. The summed E-state index contributed by atoms with van der Waals surface area (Å²) in [5.74, 6) is 0.0280. The Labute approximate surface area is 178 Å². The lowest BCUT2D eigenvalue weighted by Crippen LogP contribution is -2.33. The van der Waals surface area contributed by atoms with Gasteiger partial charge in [-0.25, -0.2) is 4.79 Å². The molecule has 0 fully saturated rings. The van der Waals surface area contributed by atoms with E-state index in [0.717, 1.165) is 41.0 Å². The first-order valence-electron chi connectivity index (χ1n) is 9.27. The molecule has 0 atom stereocenters. The van der Waals surface area contributed by atoms with Gasteiger partial charge in [-0.2, -0.15) is 0 Å². The fourth-order valence-electron chi connectivity index (χ4n) is 3.11. The standard InChI is InChI=1S/C21H22N2O4S2/c1-3-27-14-10-7-13(8-11-14)9-12-17(24)22-21(28)23-19-18(20(25)26-2)15-5-4-6-16(15)29-19/h7-12H,3-6H2,1-2H3,(H2,22,23,24,28)/b12-9+. The molecular formula is C21H22N2O4S2. The quantitative estimate of drug-likeness (QED) is 0.411. The van der Waals surface area contributed by atoms with Crippen LogP contribution in [0.4, 0.5) is 5.00 Å². The molecule has 1 aliphatic rings. The molecule has 2 aromatic rings. The second-order valence-corrected chi connectivity index (χ2v) is 7.85. The number of fused-ring (bicyclic) bond motifs is 1. The molecule has 0 saturated heterocycles. The van der Waals surface area contributed by atoms with Gasteiger partial charge in [0.1, 0.15) is 10.8 Å². The van der Waals surface area contributed by atoms with Gasteiger partial charge in [-0.1, -0.05) is 12.1 Å². The van der Waals surface area contributed by atoms with Crippen molar-refractivity contribution in [2.75, 3.05) is 19.0 Å².